The van der Waals surface area contributed by atoms with Crippen LogP contribution in [0.15, 0.2) is 24.3 Å². The number of halogens is 1. The Balaban J connectivity index is 1.63. The number of piperidine rings is 1. The summed E-state index contributed by atoms with van der Waals surface area (Å²) in [4.78, 5) is 2.31. The molecule has 2 aromatic heterocycles. The molecule has 1 aliphatic rings. The number of nitrogens with one attached hydrogen (secondary N) is 1. The average molecular weight is 372 g/mol. The third-order valence-corrected chi connectivity index (χ3v) is 5.75. The summed E-state index contributed by atoms with van der Waals surface area (Å²) in [6, 6.07) is 7.26. The largest absolute Gasteiger partial charge is 0.507 e. The summed E-state index contributed by atoms with van der Waals surface area (Å²) in [5.41, 5.74) is 2.10. The van der Waals surface area contributed by atoms with Crippen molar-refractivity contribution in [1.82, 2.24) is 15.1 Å². The lowest BCUT2D eigenvalue weighted by Crippen LogP contribution is -2.39. The average Bonchev–Trinajstić information content (AvgIpc) is 2.98. The Morgan fingerprint density at radius 3 is 2.92 bits per heavy atom. The van der Waals surface area contributed by atoms with E-state index in [4.69, 9.17) is 0 Å². The quantitative estimate of drug-likeness (QED) is 0.727. The summed E-state index contributed by atoms with van der Waals surface area (Å²) in [7, 11) is 2.13. The van der Waals surface area contributed by atoms with E-state index in [0.29, 0.717) is 27.4 Å². The smallest absolute Gasteiger partial charge is 0.177 e. The summed E-state index contributed by atoms with van der Waals surface area (Å²) in [5.74, 6) is 0.795. The first-order valence-electron chi connectivity index (χ1n) is 8.72. The Kier molecular flexibility index (Phi) is 4.50. The molecular weight excluding hydrogens is 351 g/mol. The molecule has 3 aromatic rings. The van der Waals surface area contributed by atoms with E-state index in [1.807, 2.05) is 19.1 Å². The highest BCUT2D eigenvalue weighted by atomic mass is 32.1. The normalized spacial score (nSPS) is 18.3. The second-order valence-electron chi connectivity index (χ2n) is 6.93. The fourth-order valence-electron chi connectivity index (χ4n) is 3.57. The minimum Gasteiger partial charge on any atom is -0.507 e. The molecule has 0 saturated carbocycles. The summed E-state index contributed by atoms with van der Waals surface area (Å²) in [6.45, 7) is 4.07. The van der Waals surface area contributed by atoms with Gasteiger partial charge in [0.05, 0.1) is 5.69 Å². The van der Waals surface area contributed by atoms with Crippen LogP contribution in [0.5, 0.6) is 5.75 Å². The maximum absolute atomic E-state index is 13.5. The van der Waals surface area contributed by atoms with E-state index in [-0.39, 0.29) is 10.9 Å². The molecule has 136 valence electrons. The van der Waals surface area contributed by atoms with Crippen LogP contribution in [-0.2, 0) is 0 Å². The van der Waals surface area contributed by atoms with Gasteiger partial charge in [0.15, 0.2) is 5.13 Å². The van der Waals surface area contributed by atoms with E-state index in [1.165, 1.54) is 12.5 Å². The van der Waals surface area contributed by atoms with Crippen LogP contribution >= 0.6 is 11.3 Å². The molecule has 1 aromatic carbocycles. The lowest BCUT2D eigenvalue weighted by molar-refractivity contribution is 0.260. The third-order valence-electron chi connectivity index (χ3n) is 4.86. The number of aryl methyl sites for hydroxylation is 1. The Morgan fingerprint density at radius 1 is 1.31 bits per heavy atom. The molecular formula is C19H21FN4OS. The molecule has 0 spiro atoms. The molecule has 0 radical (unpaired) electrons. The topological polar surface area (TPSA) is 61.3 Å². The Hall–Kier alpha value is -2.25. The van der Waals surface area contributed by atoms with Crippen LogP contribution in [0.2, 0.25) is 0 Å². The molecule has 3 heterocycles. The fraction of sp³-hybridized carbons (Fsp3) is 0.368. The molecule has 1 fully saturated rings. The number of hydrogen-bond donors (Lipinski definition) is 2. The molecule has 1 aliphatic heterocycles. The van der Waals surface area contributed by atoms with E-state index < -0.39 is 0 Å². The first-order valence-corrected chi connectivity index (χ1v) is 9.53. The molecule has 5 nitrogen and oxygen atoms in total. The number of phenolic OH excluding ortho intramolecular Hbond substituents is 1. The number of fused-ring (bicyclic) bond motifs is 1. The zero-order valence-electron chi connectivity index (χ0n) is 14.8. The lowest BCUT2D eigenvalue weighted by atomic mass is 10.0. The van der Waals surface area contributed by atoms with Gasteiger partial charge in [-0.25, -0.2) is 0 Å². The number of nitrogens with zero attached hydrogens (tertiary/aromatic N) is 3. The molecule has 0 amide bonds. The highest BCUT2D eigenvalue weighted by molar-refractivity contribution is 7.17. The predicted molar refractivity (Wildman–Crippen MR) is 103 cm³/mol. The standard InChI is InChI=1S/C19H21FN4OS/c1-11-8-17(21-12-4-3-7-24(2)10-12)22-23-18(11)13-5-6-15-14(19(13)25)9-16(20)26-15/h5-6,8-9,12,25H,3-4,7,10H2,1-2H3,(H,21,22)/t12-/m1/s1. The second-order valence-corrected chi connectivity index (χ2v) is 7.96. The molecule has 1 atom stereocenters. The molecule has 4 rings (SSSR count). The van der Waals surface area contributed by atoms with Crippen LogP contribution < -0.4 is 5.32 Å². The van der Waals surface area contributed by atoms with Crippen LogP contribution in [-0.4, -0.2) is 46.4 Å². The van der Waals surface area contributed by atoms with E-state index in [2.05, 4.69) is 27.5 Å². The number of rotatable bonds is 3. The number of thiophene rings is 1. The molecule has 0 bridgehead atoms. The number of benzene rings is 1. The molecule has 26 heavy (non-hydrogen) atoms. The monoisotopic (exact) mass is 372 g/mol. The molecule has 2 N–H and O–H groups in total. The number of likely N-dealkylation sites (tertiary alicyclic amines) is 1. The highest BCUT2D eigenvalue weighted by Gasteiger charge is 2.19. The van der Waals surface area contributed by atoms with Crippen LogP contribution in [0.1, 0.15) is 18.4 Å². The summed E-state index contributed by atoms with van der Waals surface area (Å²) in [6.07, 6.45) is 2.29. The van der Waals surface area contributed by atoms with Crippen LogP contribution in [0, 0.1) is 12.1 Å². The van der Waals surface area contributed by atoms with Gasteiger partial charge in [0.2, 0.25) is 0 Å². The van der Waals surface area contributed by atoms with Gasteiger partial charge in [-0.3, -0.25) is 0 Å². The first-order chi connectivity index (χ1) is 12.5. The van der Waals surface area contributed by atoms with Crippen molar-refractivity contribution < 1.29 is 9.50 Å². The minimum absolute atomic E-state index is 0.0506. The van der Waals surface area contributed by atoms with Gasteiger partial charge in [0.25, 0.3) is 0 Å². The molecule has 7 heteroatoms. The van der Waals surface area contributed by atoms with Gasteiger partial charge >= 0.3 is 0 Å². The van der Waals surface area contributed by atoms with Gasteiger partial charge in [-0.2, -0.15) is 4.39 Å². The van der Waals surface area contributed by atoms with E-state index in [1.54, 1.807) is 6.07 Å². The van der Waals surface area contributed by atoms with E-state index in [9.17, 15) is 9.50 Å². The van der Waals surface area contributed by atoms with E-state index in [0.717, 1.165) is 42.2 Å². The second kappa shape index (κ2) is 6.81. The number of hydrogen-bond acceptors (Lipinski definition) is 6. The van der Waals surface area contributed by atoms with Crippen molar-refractivity contribution >= 4 is 27.2 Å². The number of likely N-dealkylation sites (N-methyl/N-ethyl adjacent to an activating group) is 1. The summed E-state index contributed by atoms with van der Waals surface area (Å²) < 4.78 is 14.2. The third kappa shape index (κ3) is 3.24. The Bertz CT molecular complexity index is 958. The van der Waals surface area contributed by atoms with Crippen molar-refractivity contribution in [2.75, 3.05) is 25.5 Å². The van der Waals surface area contributed by atoms with Crippen LogP contribution in [0.3, 0.4) is 0 Å². The number of anilines is 1. The maximum Gasteiger partial charge on any atom is 0.177 e. The lowest BCUT2D eigenvalue weighted by Gasteiger charge is -2.30. The fourth-order valence-corrected chi connectivity index (χ4v) is 4.36. The van der Waals surface area contributed by atoms with Crippen molar-refractivity contribution in [3.63, 3.8) is 0 Å². The maximum atomic E-state index is 13.5. The SMILES string of the molecule is Cc1cc(N[C@@H]2CCCN(C)C2)nnc1-c1ccc2sc(F)cc2c1O. The number of aromatic hydroxyl groups is 1. The zero-order chi connectivity index (χ0) is 18.3. The van der Waals surface area contributed by atoms with Gasteiger partial charge in [0, 0.05) is 28.2 Å². The number of aromatic nitrogens is 2. The highest BCUT2D eigenvalue weighted by Crippen LogP contribution is 2.39. The van der Waals surface area contributed by atoms with Gasteiger partial charge in [0.1, 0.15) is 11.6 Å². The van der Waals surface area contributed by atoms with Crippen molar-refractivity contribution in [1.29, 1.82) is 0 Å². The molecule has 0 unspecified atom stereocenters. The predicted octanol–water partition coefficient (Wildman–Crippen LogP) is 4.02. The van der Waals surface area contributed by atoms with E-state index >= 15 is 0 Å². The first kappa shape index (κ1) is 17.2. The van der Waals surface area contributed by atoms with Crippen molar-refractivity contribution in [2.45, 2.75) is 25.8 Å². The van der Waals surface area contributed by atoms with Gasteiger partial charge in [-0.1, -0.05) is 0 Å². The van der Waals surface area contributed by atoms with Gasteiger partial charge < -0.3 is 15.3 Å². The van der Waals surface area contributed by atoms with Crippen molar-refractivity contribution in [3.8, 4) is 17.0 Å². The van der Waals surface area contributed by atoms with Crippen molar-refractivity contribution in [2.24, 2.45) is 0 Å². The molecule has 1 saturated heterocycles. The van der Waals surface area contributed by atoms with Crippen LogP contribution in [0.25, 0.3) is 21.3 Å². The van der Waals surface area contributed by atoms with Gasteiger partial charge in [-0.05, 0) is 63.2 Å². The van der Waals surface area contributed by atoms with Gasteiger partial charge in [-0.15, -0.1) is 21.5 Å². The Labute approximate surface area is 155 Å². The number of phenols is 1. The zero-order valence-corrected chi connectivity index (χ0v) is 15.6. The molecule has 0 aliphatic carbocycles. The Morgan fingerprint density at radius 2 is 2.15 bits per heavy atom. The minimum atomic E-state index is -0.313. The van der Waals surface area contributed by atoms with Crippen molar-refractivity contribution in [3.05, 3.63) is 35.0 Å². The van der Waals surface area contributed by atoms with Crippen LogP contribution in [0.4, 0.5) is 10.2 Å². The summed E-state index contributed by atoms with van der Waals surface area (Å²) >= 11 is 1.02. The summed E-state index contributed by atoms with van der Waals surface area (Å²) in [5, 5.41) is 22.8.